The Labute approximate surface area is 166 Å². The van der Waals surface area contributed by atoms with Crippen LogP contribution in [-0.4, -0.2) is 48.0 Å². The van der Waals surface area contributed by atoms with E-state index in [0.717, 1.165) is 48.2 Å². The Morgan fingerprint density at radius 3 is 2.79 bits per heavy atom. The molecule has 2 N–H and O–H groups in total. The van der Waals surface area contributed by atoms with E-state index < -0.39 is 5.91 Å². The van der Waals surface area contributed by atoms with Gasteiger partial charge in [-0.25, -0.2) is 9.97 Å². The van der Waals surface area contributed by atoms with Crippen molar-refractivity contribution in [3.05, 3.63) is 41.7 Å². The van der Waals surface area contributed by atoms with Crippen LogP contribution in [0.2, 0.25) is 0 Å². The van der Waals surface area contributed by atoms with Gasteiger partial charge in [0.15, 0.2) is 0 Å². The molecule has 1 aromatic carbocycles. The number of nitrogens with two attached hydrogens (primary N) is 1. The van der Waals surface area contributed by atoms with Crippen molar-refractivity contribution in [3.63, 3.8) is 0 Å². The zero-order chi connectivity index (χ0) is 19.7. The van der Waals surface area contributed by atoms with Crippen LogP contribution in [0.4, 0.5) is 5.95 Å². The number of carbonyl (C=O) groups is 1. The van der Waals surface area contributed by atoms with Crippen LogP contribution in [0.3, 0.4) is 0 Å². The van der Waals surface area contributed by atoms with E-state index in [1.54, 1.807) is 6.07 Å². The number of amides is 1. The molecule has 2 aliphatic rings. The third-order valence-electron chi connectivity index (χ3n) is 5.78. The molecule has 28 heavy (non-hydrogen) atoms. The van der Waals surface area contributed by atoms with E-state index in [-0.39, 0.29) is 0 Å². The predicted molar refractivity (Wildman–Crippen MR) is 111 cm³/mol. The van der Waals surface area contributed by atoms with Crippen LogP contribution in [0.15, 0.2) is 30.5 Å². The zero-order valence-electron chi connectivity index (χ0n) is 16.8. The van der Waals surface area contributed by atoms with Crippen LogP contribution in [0.25, 0.3) is 11.1 Å². The maximum Gasteiger partial charge on any atom is 0.248 e. The average molecular weight is 380 g/mol. The number of carbonyl (C=O) groups excluding carboxylic acids is 1. The predicted octanol–water partition coefficient (Wildman–Crippen LogP) is 3.25. The van der Waals surface area contributed by atoms with Gasteiger partial charge < -0.3 is 10.6 Å². The highest BCUT2D eigenvalue weighted by Gasteiger charge is 2.32. The van der Waals surface area contributed by atoms with Crippen molar-refractivity contribution in [2.45, 2.75) is 38.1 Å². The largest absolute Gasteiger partial charge is 0.366 e. The Morgan fingerprint density at radius 2 is 2.07 bits per heavy atom. The molecule has 1 saturated heterocycles. The summed E-state index contributed by atoms with van der Waals surface area (Å²) in [6, 6.07) is 7.79. The number of likely N-dealkylation sites (tertiary alicyclic amines) is 1. The molecule has 1 amide bonds. The molecule has 1 aliphatic heterocycles. The van der Waals surface area contributed by atoms with E-state index in [2.05, 4.69) is 9.88 Å². The number of hydrogen-bond donors (Lipinski definition) is 1. The molecule has 0 unspecified atom stereocenters. The minimum Gasteiger partial charge on any atom is -0.366 e. The molecule has 1 saturated carbocycles. The minimum absolute atomic E-state index is 0.295. The van der Waals surface area contributed by atoms with E-state index >= 15 is 0 Å². The van der Waals surface area contributed by atoms with Crippen LogP contribution in [-0.2, 0) is 0 Å². The van der Waals surface area contributed by atoms with Gasteiger partial charge >= 0.3 is 0 Å². The second-order valence-electron chi connectivity index (χ2n) is 8.26. The number of aromatic nitrogens is 2. The molecule has 6 nitrogen and oxygen atoms in total. The fraction of sp³-hybridized carbons (Fsp3) is 0.500. The van der Waals surface area contributed by atoms with Crippen LogP contribution in [0.5, 0.6) is 0 Å². The van der Waals surface area contributed by atoms with Crippen molar-refractivity contribution >= 4 is 11.9 Å². The van der Waals surface area contributed by atoms with Gasteiger partial charge in [0, 0.05) is 38.0 Å². The van der Waals surface area contributed by atoms with E-state index in [1.165, 1.54) is 25.7 Å². The third-order valence-corrected chi connectivity index (χ3v) is 5.78. The smallest absolute Gasteiger partial charge is 0.248 e. The zero-order valence-corrected chi connectivity index (χ0v) is 16.8. The highest BCUT2D eigenvalue weighted by molar-refractivity contribution is 5.94. The van der Waals surface area contributed by atoms with Crippen molar-refractivity contribution in [1.29, 1.82) is 0 Å². The van der Waals surface area contributed by atoms with Gasteiger partial charge in [-0.2, -0.15) is 0 Å². The molecule has 2 fully saturated rings. The first-order valence-electron chi connectivity index (χ1n) is 10.2. The first kappa shape index (κ1) is 18.9. The molecule has 148 valence electrons. The summed E-state index contributed by atoms with van der Waals surface area (Å²) in [7, 11) is 3.94. The summed E-state index contributed by atoms with van der Waals surface area (Å²) in [6.45, 7) is 2.29. The van der Waals surface area contributed by atoms with Gasteiger partial charge in [0.2, 0.25) is 11.9 Å². The number of hydrogen-bond acceptors (Lipinski definition) is 5. The molecule has 0 spiro atoms. The number of benzene rings is 1. The van der Waals surface area contributed by atoms with Gasteiger partial charge in [-0.05, 0) is 55.8 Å². The second kappa shape index (κ2) is 7.87. The monoisotopic (exact) mass is 379 g/mol. The summed E-state index contributed by atoms with van der Waals surface area (Å²) in [5, 5.41) is 0. The van der Waals surface area contributed by atoms with E-state index in [4.69, 9.17) is 10.7 Å². The van der Waals surface area contributed by atoms with Crippen molar-refractivity contribution in [2.24, 2.45) is 11.7 Å². The maximum atomic E-state index is 11.7. The van der Waals surface area contributed by atoms with Gasteiger partial charge in [0.05, 0.1) is 11.7 Å². The molecule has 2 heterocycles. The maximum absolute atomic E-state index is 11.7. The van der Waals surface area contributed by atoms with Crippen molar-refractivity contribution in [1.82, 2.24) is 14.9 Å². The SMILES string of the molecule is CN(C)c1ncc(-c2cccc(C(N)=O)c2)c([C@H]2CCCCN2CC2CC2)n1. The number of anilines is 1. The number of piperidine rings is 1. The number of nitrogens with zero attached hydrogens (tertiary/aromatic N) is 4. The first-order valence-corrected chi connectivity index (χ1v) is 10.2. The van der Waals surface area contributed by atoms with Crippen molar-refractivity contribution < 1.29 is 4.79 Å². The fourth-order valence-electron chi connectivity index (χ4n) is 4.07. The second-order valence-corrected chi connectivity index (χ2v) is 8.26. The Morgan fingerprint density at radius 1 is 1.25 bits per heavy atom. The van der Waals surface area contributed by atoms with Gasteiger partial charge in [0.1, 0.15) is 0 Å². The van der Waals surface area contributed by atoms with Crippen LogP contribution >= 0.6 is 0 Å². The highest BCUT2D eigenvalue weighted by Crippen LogP contribution is 2.39. The van der Waals surface area contributed by atoms with Crippen LogP contribution in [0.1, 0.15) is 54.2 Å². The van der Waals surface area contributed by atoms with Gasteiger partial charge in [-0.15, -0.1) is 0 Å². The van der Waals surface area contributed by atoms with Gasteiger partial charge in [-0.1, -0.05) is 18.6 Å². The Bertz CT molecular complexity index is 862. The molecular weight excluding hydrogens is 350 g/mol. The van der Waals surface area contributed by atoms with Gasteiger partial charge in [0.25, 0.3) is 0 Å². The normalized spacial score (nSPS) is 20.1. The molecule has 6 heteroatoms. The summed E-state index contributed by atoms with van der Waals surface area (Å²) in [4.78, 5) is 25.8. The molecule has 1 aromatic heterocycles. The molecule has 4 rings (SSSR count). The van der Waals surface area contributed by atoms with E-state index in [0.29, 0.717) is 11.6 Å². The van der Waals surface area contributed by atoms with Crippen LogP contribution < -0.4 is 10.6 Å². The van der Waals surface area contributed by atoms with Crippen molar-refractivity contribution in [3.8, 4) is 11.1 Å². The molecule has 0 bridgehead atoms. The Kier molecular flexibility index (Phi) is 5.31. The van der Waals surface area contributed by atoms with Crippen LogP contribution in [0, 0.1) is 5.92 Å². The quantitative estimate of drug-likeness (QED) is 0.834. The first-order chi connectivity index (χ1) is 13.5. The Hall–Kier alpha value is -2.47. The number of primary amides is 1. The summed E-state index contributed by atoms with van der Waals surface area (Å²) in [5.41, 5.74) is 9.04. The van der Waals surface area contributed by atoms with E-state index in [1.807, 2.05) is 43.4 Å². The number of rotatable bonds is 6. The molecule has 0 radical (unpaired) electrons. The molecule has 1 aliphatic carbocycles. The Balaban J connectivity index is 1.78. The lowest BCUT2D eigenvalue weighted by Gasteiger charge is -2.36. The standard InChI is InChI=1S/C22H29N5O/c1-26(2)22-24-13-18(16-6-5-7-17(12-16)21(23)28)20(25-22)19-8-3-4-11-27(19)14-15-9-10-15/h5-7,12-13,15,19H,3-4,8-11,14H2,1-2H3,(H2,23,28)/t19-/m1/s1. The molecule has 1 atom stereocenters. The summed E-state index contributed by atoms with van der Waals surface area (Å²) in [6.07, 6.45) is 8.18. The lowest BCUT2D eigenvalue weighted by molar-refractivity contribution is 0.100. The summed E-state index contributed by atoms with van der Waals surface area (Å²) < 4.78 is 0. The third kappa shape index (κ3) is 4.02. The lowest BCUT2D eigenvalue weighted by Crippen LogP contribution is -2.36. The topological polar surface area (TPSA) is 75.4 Å². The van der Waals surface area contributed by atoms with Crippen molar-refractivity contribution in [2.75, 3.05) is 32.1 Å². The lowest BCUT2D eigenvalue weighted by atomic mass is 9.93. The molecule has 2 aromatic rings. The summed E-state index contributed by atoms with van der Waals surface area (Å²) in [5.74, 6) is 1.15. The fourth-order valence-corrected chi connectivity index (χ4v) is 4.07. The van der Waals surface area contributed by atoms with Gasteiger partial charge in [-0.3, -0.25) is 9.69 Å². The molecular formula is C22H29N5O. The van der Waals surface area contributed by atoms with E-state index in [9.17, 15) is 4.79 Å². The minimum atomic E-state index is -0.415. The average Bonchev–Trinajstić information content (AvgIpc) is 3.52. The highest BCUT2D eigenvalue weighted by atomic mass is 16.1. The summed E-state index contributed by atoms with van der Waals surface area (Å²) >= 11 is 0.